The summed E-state index contributed by atoms with van der Waals surface area (Å²) in [5.41, 5.74) is 2.88. The van der Waals surface area contributed by atoms with Crippen LogP contribution in [-0.4, -0.2) is 33.9 Å². The Labute approximate surface area is 160 Å². The molecule has 27 heavy (non-hydrogen) atoms. The predicted octanol–water partition coefficient (Wildman–Crippen LogP) is 3.01. The molecule has 5 heteroatoms. The largest absolute Gasteiger partial charge is 0.390 e. The summed E-state index contributed by atoms with van der Waals surface area (Å²) in [5.74, 6) is 0.706. The molecule has 0 spiro atoms. The number of rotatable bonds is 7. The van der Waals surface area contributed by atoms with Crippen molar-refractivity contribution in [3.8, 4) is 0 Å². The molecule has 0 aliphatic carbocycles. The Morgan fingerprint density at radius 1 is 1.30 bits per heavy atom. The Balaban J connectivity index is 1.70. The number of hydrogen-bond acceptors (Lipinski definition) is 5. The van der Waals surface area contributed by atoms with Crippen LogP contribution in [0.15, 0.2) is 47.6 Å². The van der Waals surface area contributed by atoms with Gasteiger partial charge in [0.2, 0.25) is 0 Å². The van der Waals surface area contributed by atoms with Crippen molar-refractivity contribution in [2.75, 3.05) is 6.54 Å². The first kappa shape index (κ1) is 19.2. The molecule has 0 saturated carbocycles. The second-order valence-corrected chi connectivity index (χ2v) is 7.56. The molecular formula is C22H27N3O2. The Hall–Kier alpha value is -2.53. The fourth-order valence-corrected chi connectivity index (χ4v) is 3.52. The number of pyridine rings is 1. The number of amidine groups is 1. The SMILES string of the molecule is CCNC1=NCc2cc(CC(=O)C[C@@H](c3ccccc3)C(C)(C)O)ncc21. The number of hydrogen-bond donors (Lipinski definition) is 2. The predicted molar refractivity (Wildman–Crippen MR) is 107 cm³/mol. The normalized spacial score (nSPS) is 14.4. The first-order chi connectivity index (χ1) is 12.9. The van der Waals surface area contributed by atoms with Crippen LogP contribution in [0.2, 0.25) is 0 Å². The molecule has 3 rings (SSSR count). The van der Waals surface area contributed by atoms with E-state index in [2.05, 4.69) is 15.3 Å². The Kier molecular flexibility index (Phi) is 5.71. The Morgan fingerprint density at radius 2 is 2.04 bits per heavy atom. The van der Waals surface area contributed by atoms with E-state index in [9.17, 15) is 9.90 Å². The molecule has 2 aromatic rings. The highest BCUT2D eigenvalue weighted by Crippen LogP contribution is 2.31. The van der Waals surface area contributed by atoms with E-state index >= 15 is 0 Å². The topological polar surface area (TPSA) is 74.6 Å². The van der Waals surface area contributed by atoms with Crippen LogP contribution in [0.25, 0.3) is 0 Å². The second kappa shape index (κ2) is 8.01. The van der Waals surface area contributed by atoms with E-state index < -0.39 is 5.60 Å². The molecular weight excluding hydrogens is 338 g/mol. The van der Waals surface area contributed by atoms with Gasteiger partial charge < -0.3 is 10.4 Å². The maximum absolute atomic E-state index is 12.7. The average Bonchev–Trinajstić information content (AvgIpc) is 3.02. The number of ketones is 1. The molecule has 5 nitrogen and oxygen atoms in total. The van der Waals surface area contributed by atoms with Crippen molar-refractivity contribution in [1.82, 2.24) is 10.3 Å². The Bertz CT molecular complexity index is 838. The van der Waals surface area contributed by atoms with Gasteiger partial charge in [-0.1, -0.05) is 30.3 Å². The van der Waals surface area contributed by atoms with Crippen LogP contribution in [-0.2, 0) is 17.8 Å². The van der Waals surface area contributed by atoms with Gasteiger partial charge in [-0.25, -0.2) is 0 Å². The summed E-state index contributed by atoms with van der Waals surface area (Å²) >= 11 is 0. The van der Waals surface area contributed by atoms with Crippen molar-refractivity contribution in [2.45, 2.75) is 51.7 Å². The van der Waals surface area contributed by atoms with Crippen molar-refractivity contribution in [3.63, 3.8) is 0 Å². The third kappa shape index (κ3) is 4.61. The van der Waals surface area contributed by atoms with Gasteiger partial charge in [0.25, 0.3) is 0 Å². The summed E-state index contributed by atoms with van der Waals surface area (Å²) in [6.45, 7) is 6.98. The van der Waals surface area contributed by atoms with E-state index in [-0.39, 0.29) is 24.5 Å². The molecule has 0 bridgehead atoms. The Morgan fingerprint density at radius 3 is 2.70 bits per heavy atom. The molecule has 2 N–H and O–H groups in total. The third-order valence-electron chi connectivity index (χ3n) is 4.92. The van der Waals surface area contributed by atoms with E-state index in [0.717, 1.165) is 34.8 Å². The zero-order chi connectivity index (χ0) is 19.4. The first-order valence-corrected chi connectivity index (χ1v) is 9.44. The number of Topliss-reactive ketones (excluding diaryl/α,β-unsaturated/α-hetero) is 1. The van der Waals surface area contributed by atoms with Crippen LogP contribution in [0.3, 0.4) is 0 Å². The van der Waals surface area contributed by atoms with E-state index in [1.807, 2.05) is 43.3 Å². The number of aliphatic hydroxyl groups is 1. The third-order valence-corrected chi connectivity index (χ3v) is 4.92. The minimum absolute atomic E-state index is 0.0734. The standard InChI is InChI=1S/C22H27N3O2/c1-4-23-21-19-14-24-17(10-16(19)13-25-21)11-18(26)12-20(22(2,3)27)15-8-6-5-7-9-15/h5-10,14,20,27H,4,11-13H2,1-3H3,(H,23,25)/t20-/m0/s1. The first-order valence-electron chi connectivity index (χ1n) is 9.44. The highest BCUT2D eigenvalue weighted by atomic mass is 16.3. The van der Waals surface area contributed by atoms with E-state index in [1.165, 1.54) is 0 Å². The van der Waals surface area contributed by atoms with Crippen molar-refractivity contribution in [3.05, 3.63) is 65.0 Å². The van der Waals surface area contributed by atoms with Crippen LogP contribution < -0.4 is 5.32 Å². The molecule has 0 amide bonds. The number of carbonyl (C=O) groups excluding carboxylic acids is 1. The summed E-state index contributed by atoms with van der Waals surface area (Å²) in [6, 6.07) is 11.7. The van der Waals surface area contributed by atoms with Gasteiger partial charge in [-0.3, -0.25) is 14.8 Å². The van der Waals surface area contributed by atoms with Crippen molar-refractivity contribution in [1.29, 1.82) is 0 Å². The molecule has 1 aliphatic rings. The number of nitrogens with one attached hydrogen (secondary N) is 1. The van der Waals surface area contributed by atoms with Crippen LogP contribution in [0.1, 0.15) is 55.5 Å². The van der Waals surface area contributed by atoms with Gasteiger partial charge in [0.1, 0.15) is 11.6 Å². The monoisotopic (exact) mass is 365 g/mol. The summed E-state index contributed by atoms with van der Waals surface area (Å²) in [4.78, 5) is 21.7. The zero-order valence-corrected chi connectivity index (χ0v) is 16.2. The van der Waals surface area contributed by atoms with Crippen LogP contribution >= 0.6 is 0 Å². The molecule has 142 valence electrons. The molecule has 1 aromatic heterocycles. The maximum Gasteiger partial charge on any atom is 0.139 e. The molecule has 1 aromatic carbocycles. The van der Waals surface area contributed by atoms with Crippen LogP contribution in [0.5, 0.6) is 0 Å². The molecule has 0 unspecified atom stereocenters. The van der Waals surface area contributed by atoms with Crippen molar-refractivity contribution >= 4 is 11.6 Å². The van der Waals surface area contributed by atoms with E-state index in [0.29, 0.717) is 6.54 Å². The van der Waals surface area contributed by atoms with Gasteiger partial charge in [-0.15, -0.1) is 0 Å². The van der Waals surface area contributed by atoms with Gasteiger partial charge in [-0.05, 0) is 38.0 Å². The molecule has 0 saturated heterocycles. The summed E-state index contributed by atoms with van der Waals surface area (Å²) < 4.78 is 0. The van der Waals surface area contributed by atoms with Gasteiger partial charge in [0, 0.05) is 42.8 Å². The highest BCUT2D eigenvalue weighted by molar-refractivity contribution is 6.01. The lowest BCUT2D eigenvalue weighted by atomic mass is 9.80. The molecule has 1 atom stereocenters. The van der Waals surface area contributed by atoms with Gasteiger partial charge >= 0.3 is 0 Å². The quantitative estimate of drug-likeness (QED) is 0.791. The second-order valence-electron chi connectivity index (χ2n) is 7.56. The van der Waals surface area contributed by atoms with Crippen molar-refractivity contribution in [2.24, 2.45) is 4.99 Å². The number of benzene rings is 1. The number of carbonyl (C=O) groups is 1. The maximum atomic E-state index is 12.7. The lowest BCUT2D eigenvalue weighted by Gasteiger charge is -2.29. The summed E-state index contributed by atoms with van der Waals surface area (Å²) in [7, 11) is 0. The number of aromatic nitrogens is 1. The van der Waals surface area contributed by atoms with Crippen molar-refractivity contribution < 1.29 is 9.90 Å². The van der Waals surface area contributed by atoms with E-state index in [4.69, 9.17) is 0 Å². The van der Waals surface area contributed by atoms with Gasteiger partial charge in [-0.2, -0.15) is 0 Å². The zero-order valence-electron chi connectivity index (χ0n) is 16.2. The summed E-state index contributed by atoms with van der Waals surface area (Å²) in [6.07, 6.45) is 2.35. The minimum atomic E-state index is -0.975. The molecule has 2 heterocycles. The highest BCUT2D eigenvalue weighted by Gasteiger charge is 2.30. The fraction of sp³-hybridized carbons (Fsp3) is 0.409. The van der Waals surface area contributed by atoms with Gasteiger partial charge in [0.15, 0.2) is 0 Å². The van der Waals surface area contributed by atoms with Gasteiger partial charge in [0.05, 0.1) is 12.1 Å². The summed E-state index contributed by atoms with van der Waals surface area (Å²) in [5, 5.41) is 13.8. The molecule has 1 aliphatic heterocycles. The average molecular weight is 365 g/mol. The van der Waals surface area contributed by atoms with Crippen LogP contribution in [0, 0.1) is 0 Å². The smallest absolute Gasteiger partial charge is 0.139 e. The lowest BCUT2D eigenvalue weighted by Crippen LogP contribution is -2.31. The number of fused-ring (bicyclic) bond motifs is 1. The number of aliphatic imine (C=N–C) groups is 1. The molecule has 0 fully saturated rings. The minimum Gasteiger partial charge on any atom is -0.390 e. The van der Waals surface area contributed by atoms with Crippen LogP contribution in [0.4, 0.5) is 0 Å². The lowest BCUT2D eigenvalue weighted by molar-refractivity contribution is -0.120. The molecule has 0 radical (unpaired) electrons. The van der Waals surface area contributed by atoms with E-state index in [1.54, 1.807) is 20.0 Å². The number of nitrogens with zero attached hydrogens (tertiary/aromatic N) is 2. The fourth-order valence-electron chi connectivity index (χ4n) is 3.52.